The average Bonchev–Trinajstić information content (AvgIpc) is 3.66. The van der Waals surface area contributed by atoms with E-state index in [2.05, 4.69) is 39.7 Å². The number of amides is 1. The Morgan fingerprint density at radius 3 is 2.48 bits per heavy atom. The molecule has 0 bridgehead atoms. The van der Waals surface area contributed by atoms with Gasteiger partial charge in [0.15, 0.2) is 0 Å². The maximum Gasteiger partial charge on any atom is 0.407 e. The molecule has 1 amide bonds. The summed E-state index contributed by atoms with van der Waals surface area (Å²) < 4.78 is 16.6. The monoisotopic (exact) mass is 564 g/mol. The van der Waals surface area contributed by atoms with E-state index in [1.54, 1.807) is 0 Å². The number of rotatable bonds is 7. The molecule has 0 aliphatic carbocycles. The predicted molar refractivity (Wildman–Crippen MR) is 166 cm³/mol. The number of aromatic nitrogens is 2. The van der Waals surface area contributed by atoms with Crippen LogP contribution in [0.1, 0.15) is 34.2 Å². The van der Waals surface area contributed by atoms with Gasteiger partial charge in [0.2, 0.25) is 0 Å². The van der Waals surface area contributed by atoms with E-state index in [0.29, 0.717) is 26.1 Å². The quantitative estimate of drug-likeness (QED) is 0.193. The maximum absolute atomic E-state index is 11.9. The third-order valence-corrected chi connectivity index (χ3v) is 7.66. The third-order valence-electron chi connectivity index (χ3n) is 7.66. The third kappa shape index (κ3) is 5.99. The summed E-state index contributed by atoms with van der Waals surface area (Å²) >= 11 is 0. The van der Waals surface area contributed by atoms with Crippen molar-refractivity contribution in [3.63, 3.8) is 0 Å². The number of ether oxygens (including phenoxy) is 3. The summed E-state index contributed by atoms with van der Waals surface area (Å²) in [5.41, 5.74) is 13.8. The number of nitrogens with one attached hydrogen (secondary N) is 3. The second kappa shape index (κ2) is 12.9. The molecule has 7 rings (SSSR count). The van der Waals surface area contributed by atoms with Crippen LogP contribution in [-0.4, -0.2) is 42.4 Å². The molecule has 0 saturated heterocycles. The zero-order valence-electron chi connectivity index (χ0n) is 23.6. The summed E-state index contributed by atoms with van der Waals surface area (Å²) in [6.07, 6.45) is 11.6. The zero-order chi connectivity index (χ0) is 28.7. The van der Waals surface area contributed by atoms with Crippen LogP contribution in [0.25, 0.3) is 27.9 Å². The van der Waals surface area contributed by atoms with Gasteiger partial charge in [-0.15, -0.1) is 0 Å². The van der Waals surface area contributed by atoms with E-state index in [4.69, 9.17) is 19.9 Å². The number of aromatic amines is 2. The number of hydrogen-bond acceptors (Lipinski definition) is 5. The smallest absolute Gasteiger partial charge is 0.407 e. The maximum atomic E-state index is 11.9. The molecule has 5 N–H and O–H groups in total. The Hall–Kier alpha value is -4.69. The average molecular weight is 565 g/mol. The highest BCUT2D eigenvalue weighted by Crippen LogP contribution is 2.35. The largest absolute Gasteiger partial charge is 0.493 e. The highest BCUT2D eigenvalue weighted by atomic mass is 16.5. The number of aryl methyl sites for hydroxylation is 1. The zero-order valence-corrected chi connectivity index (χ0v) is 23.6. The molecule has 8 nitrogen and oxygen atoms in total. The van der Waals surface area contributed by atoms with E-state index >= 15 is 0 Å². The van der Waals surface area contributed by atoms with E-state index in [-0.39, 0.29) is 6.61 Å². The molecular formula is C34H36N4O4. The van der Waals surface area contributed by atoms with Gasteiger partial charge in [0, 0.05) is 51.9 Å². The van der Waals surface area contributed by atoms with E-state index in [1.165, 1.54) is 22.0 Å². The number of fused-ring (bicyclic) bond motifs is 6. The van der Waals surface area contributed by atoms with Crippen molar-refractivity contribution in [3.05, 3.63) is 101 Å². The highest BCUT2D eigenvalue weighted by molar-refractivity contribution is 5.94. The van der Waals surface area contributed by atoms with Gasteiger partial charge in [-0.1, -0.05) is 36.4 Å². The molecule has 5 aromatic rings. The molecule has 42 heavy (non-hydrogen) atoms. The highest BCUT2D eigenvalue weighted by Gasteiger charge is 2.17. The molecule has 0 fully saturated rings. The van der Waals surface area contributed by atoms with Crippen molar-refractivity contribution in [1.29, 1.82) is 0 Å². The normalized spacial score (nSPS) is 13.4. The van der Waals surface area contributed by atoms with Crippen LogP contribution in [0.5, 0.6) is 11.5 Å². The Morgan fingerprint density at radius 1 is 0.905 bits per heavy atom. The molecule has 2 aliphatic rings. The Balaban J connectivity index is 0.000000168. The lowest BCUT2D eigenvalue weighted by molar-refractivity contribution is 0.140. The van der Waals surface area contributed by atoms with Crippen LogP contribution >= 0.6 is 0 Å². The first-order valence-corrected chi connectivity index (χ1v) is 14.5. The van der Waals surface area contributed by atoms with E-state index in [9.17, 15) is 4.79 Å². The summed E-state index contributed by atoms with van der Waals surface area (Å²) in [6.45, 7) is 2.92. The summed E-state index contributed by atoms with van der Waals surface area (Å²) in [4.78, 5) is 18.5. The van der Waals surface area contributed by atoms with Crippen molar-refractivity contribution < 1.29 is 19.0 Å². The molecule has 0 unspecified atom stereocenters. The number of H-pyrrole nitrogens is 2. The Morgan fingerprint density at radius 2 is 1.67 bits per heavy atom. The van der Waals surface area contributed by atoms with Crippen LogP contribution in [0.15, 0.2) is 73.1 Å². The Labute approximate surface area is 244 Å². The number of carbonyl (C=O) groups is 1. The van der Waals surface area contributed by atoms with Crippen LogP contribution in [-0.2, 0) is 30.6 Å². The van der Waals surface area contributed by atoms with Gasteiger partial charge in [-0.2, -0.15) is 0 Å². The van der Waals surface area contributed by atoms with Gasteiger partial charge in [0.1, 0.15) is 24.7 Å². The van der Waals surface area contributed by atoms with Crippen LogP contribution in [0, 0.1) is 0 Å². The summed E-state index contributed by atoms with van der Waals surface area (Å²) in [7, 11) is 0. The molecule has 0 spiro atoms. The van der Waals surface area contributed by atoms with Gasteiger partial charge < -0.3 is 35.2 Å². The second-order valence-electron chi connectivity index (χ2n) is 10.4. The summed E-state index contributed by atoms with van der Waals surface area (Å²) in [5.74, 6) is 1.95. The van der Waals surface area contributed by atoms with Crippen molar-refractivity contribution in [3.8, 4) is 11.5 Å². The molecule has 0 atom stereocenters. The fourth-order valence-electron chi connectivity index (χ4n) is 5.69. The minimum atomic E-state index is -0.404. The lowest BCUT2D eigenvalue weighted by Crippen LogP contribution is -2.26. The SMILES string of the molecule is NCCc1c[nH]c2ccc3c(c12)CCCO3.O=C(NCCc1c[nH]c2ccc3c(c12)C=CCO3)OCc1ccccc1. The number of nitrogens with two attached hydrogens (primary N) is 1. The van der Waals surface area contributed by atoms with Crippen molar-refractivity contribution in [2.75, 3.05) is 26.3 Å². The van der Waals surface area contributed by atoms with Crippen molar-refractivity contribution >= 4 is 34.0 Å². The molecule has 4 heterocycles. The van der Waals surface area contributed by atoms with Crippen molar-refractivity contribution in [1.82, 2.24) is 15.3 Å². The minimum absolute atomic E-state index is 0.273. The van der Waals surface area contributed by atoms with E-state index in [1.807, 2.05) is 54.7 Å². The number of hydrogen-bond donors (Lipinski definition) is 4. The number of alkyl carbamates (subject to hydrolysis) is 1. The van der Waals surface area contributed by atoms with Crippen molar-refractivity contribution in [2.45, 2.75) is 32.3 Å². The standard InChI is InChI=1S/C21H20N2O3.C13H16N2O/c24-21(26-14-15-5-2-1-3-6-15)22-11-10-16-13-23-18-8-9-19-17(20(16)18)7-4-12-25-19;14-6-5-9-8-15-11-3-4-12-10(13(9)11)2-1-7-16-12/h1-9,13,23H,10-12,14H2,(H,22,24);3-4,8,15H,1-2,5-7,14H2. The Kier molecular flexibility index (Phi) is 8.42. The lowest BCUT2D eigenvalue weighted by Gasteiger charge is -2.18. The Bertz CT molecular complexity index is 1700. The van der Waals surface area contributed by atoms with Crippen LogP contribution in [0.4, 0.5) is 4.79 Å². The molecule has 3 aromatic carbocycles. The van der Waals surface area contributed by atoms with Gasteiger partial charge in [0.05, 0.1) is 6.61 Å². The van der Waals surface area contributed by atoms with Crippen LogP contribution in [0.3, 0.4) is 0 Å². The van der Waals surface area contributed by atoms with E-state index in [0.717, 1.165) is 65.0 Å². The second-order valence-corrected chi connectivity index (χ2v) is 10.4. The van der Waals surface area contributed by atoms with Gasteiger partial charge in [-0.05, 0) is 79.3 Å². The molecule has 0 saturated carbocycles. The van der Waals surface area contributed by atoms with Crippen LogP contribution in [0.2, 0.25) is 0 Å². The molecule has 216 valence electrons. The molecule has 2 aromatic heterocycles. The first-order valence-electron chi connectivity index (χ1n) is 14.5. The fraction of sp³-hybridized carbons (Fsp3) is 0.265. The summed E-state index contributed by atoms with van der Waals surface area (Å²) in [5, 5.41) is 5.30. The fourth-order valence-corrected chi connectivity index (χ4v) is 5.69. The molecule has 2 aliphatic heterocycles. The van der Waals surface area contributed by atoms with Gasteiger partial charge in [-0.3, -0.25) is 0 Å². The van der Waals surface area contributed by atoms with Crippen molar-refractivity contribution in [2.24, 2.45) is 5.73 Å². The minimum Gasteiger partial charge on any atom is -0.493 e. The molecule has 8 heteroatoms. The molecular weight excluding hydrogens is 528 g/mol. The predicted octanol–water partition coefficient (Wildman–Crippen LogP) is 6.04. The first kappa shape index (κ1) is 27.5. The lowest BCUT2D eigenvalue weighted by atomic mass is 9.98. The van der Waals surface area contributed by atoms with Gasteiger partial charge >= 0.3 is 6.09 Å². The van der Waals surface area contributed by atoms with Gasteiger partial charge in [-0.25, -0.2) is 4.79 Å². The van der Waals surface area contributed by atoms with E-state index < -0.39 is 6.09 Å². The number of carbonyl (C=O) groups excluding carboxylic acids is 1. The molecule has 0 radical (unpaired) electrons. The topological polar surface area (TPSA) is 114 Å². The summed E-state index contributed by atoms with van der Waals surface area (Å²) in [6, 6.07) is 17.8. The number of benzene rings is 3. The first-order chi connectivity index (χ1) is 20.7. The van der Waals surface area contributed by atoms with Gasteiger partial charge in [0.25, 0.3) is 0 Å². The van der Waals surface area contributed by atoms with Crippen LogP contribution < -0.4 is 20.5 Å².